The molecule has 0 amide bonds. The molecule has 2 N–H and O–H groups in total. The van der Waals surface area contributed by atoms with Crippen molar-refractivity contribution < 1.29 is 5.11 Å². The molecular formula is C13H11ClN2O. The smallest absolute Gasteiger partial charge is 0.156 e. The van der Waals surface area contributed by atoms with Gasteiger partial charge in [-0.05, 0) is 24.3 Å². The van der Waals surface area contributed by atoms with Crippen molar-refractivity contribution in [1.82, 2.24) is 0 Å². The van der Waals surface area contributed by atoms with E-state index in [4.69, 9.17) is 16.7 Å². The fourth-order valence-electron chi connectivity index (χ4n) is 1.29. The molecule has 0 saturated carbocycles. The van der Waals surface area contributed by atoms with E-state index in [0.29, 0.717) is 5.17 Å². The van der Waals surface area contributed by atoms with Crippen LogP contribution in [0.5, 0.6) is 5.75 Å². The van der Waals surface area contributed by atoms with Crippen molar-refractivity contribution in [3.8, 4) is 5.75 Å². The Morgan fingerprint density at radius 1 is 1.00 bits per heavy atom. The number of hydrogen-bond donors (Lipinski definition) is 2. The van der Waals surface area contributed by atoms with Crippen LogP contribution in [0.15, 0.2) is 59.7 Å². The highest BCUT2D eigenvalue weighted by Gasteiger charge is 1.98. The lowest BCUT2D eigenvalue weighted by Gasteiger charge is -2.02. The fourth-order valence-corrected chi connectivity index (χ4v) is 1.46. The molecule has 0 fully saturated rings. The van der Waals surface area contributed by atoms with Crippen LogP contribution in [0.2, 0.25) is 0 Å². The maximum Gasteiger partial charge on any atom is 0.156 e. The Labute approximate surface area is 104 Å². The van der Waals surface area contributed by atoms with Crippen LogP contribution in [0.1, 0.15) is 5.56 Å². The van der Waals surface area contributed by atoms with Crippen LogP contribution in [0, 0.1) is 0 Å². The first-order valence-electron chi connectivity index (χ1n) is 5.09. The Bertz CT molecular complexity index is 509. The highest BCUT2D eigenvalue weighted by Crippen LogP contribution is 2.14. The van der Waals surface area contributed by atoms with Gasteiger partial charge in [0.2, 0.25) is 0 Å². The Morgan fingerprint density at radius 3 is 2.29 bits per heavy atom. The SMILES string of the molecule is Oc1ccc(N/N=C(\Cl)c2ccccc2)cc1. The topological polar surface area (TPSA) is 44.6 Å². The van der Waals surface area contributed by atoms with Gasteiger partial charge in [-0.2, -0.15) is 5.10 Å². The van der Waals surface area contributed by atoms with E-state index < -0.39 is 0 Å². The highest BCUT2D eigenvalue weighted by atomic mass is 35.5. The molecule has 17 heavy (non-hydrogen) atoms. The van der Waals surface area contributed by atoms with Gasteiger partial charge in [0.25, 0.3) is 0 Å². The van der Waals surface area contributed by atoms with E-state index in [0.717, 1.165) is 11.3 Å². The number of rotatable bonds is 3. The zero-order chi connectivity index (χ0) is 12.1. The summed E-state index contributed by atoms with van der Waals surface area (Å²) in [6, 6.07) is 16.1. The summed E-state index contributed by atoms with van der Waals surface area (Å²) >= 11 is 6.03. The molecule has 0 bridgehead atoms. The van der Waals surface area contributed by atoms with Gasteiger partial charge in [0.05, 0.1) is 5.69 Å². The molecule has 0 atom stereocenters. The summed E-state index contributed by atoms with van der Waals surface area (Å²) in [5.41, 5.74) is 4.42. The molecule has 0 aromatic heterocycles. The molecule has 0 heterocycles. The summed E-state index contributed by atoms with van der Waals surface area (Å²) in [6.45, 7) is 0. The molecular weight excluding hydrogens is 236 g/mol. The van der Waals surface area contributed by atoms with Gasteiger partial charge in [-0.15, -0.1) is 0 Å². The third-order valence-electron chi connectivity index (χ3n) is 2.16. The predicted octanol–water partition coefficient (Wildman–Crippen LogP) is 3.40. The van der Waals surface area contributed by atoms with Crippen LogP contribution in [0.4, 0.5) is 5.69 Å². The van der Waals surface area contributed by atoms with Gasteiger partial charge < -0.3 is 5.11 Å². The molecule has 0 aliphatic rings. The predicted molar refractivity (Wildman–Crippen MR) is 70.6 cm³/mol. The number of aromatic hydroxyl groups is 1. The number of nitrogens with one attached hydrogen (secondary N) is 1. The van der Waals surface area contributed by atoms with Crippen molar-refractivity contribution >= 4 is 22.5 Å². The van der Waals surface area contributed by atoms with Crippen molar-refractivity contribution in [2.75, 3.05) is 5.43 Å². The molecule has 4 heteroatoms. The minimum atomic E-state index is 0.216. The molecule has 0 spiro atoms. The van der Waals surface area contributed by atoms with Gasteiger partial charge in [0, 0.05) is 5.56 Å². The van der Waals surface area contributed by atoms with Crippen molar-refractivity contribution in [2.24, 2.45) is 5.10 Å². The number of benzene rings is 2. The molecule has 2 aromatic rings. The summed E-state index contributed by atoms with van der Waals surface area (Å²) in [5.74, 6) is 0.216. The maximum absolute atomic E-state index is 9.12. The van der Waals surface area contributed by atoms with Crippen LogP contribution in [-0.2, 0) is 0 Å². The lowest BCUT2D eigenvalue weighted by atomic mass is 10.2. The Hall–Kier alpha value is -2.00. The average Bonchev–Trinajstić information content (AvgIpc) is 2.39. The number of phenolic OH excluding ortho intramolecular Hbond substituents is 1. The second-order valence-electron chi connectivity index (χ2n) is 3.43. The third-order valence-corrected chi connectivity index (χ3v) is 2.47. The van der Waals surface area contributed by atoms with Crippen molar-refractivity contribution in [3.05, 3.63) is 60.2 Å². The number of hydrogen-bond acceptors (Lipinski definition) is 3. The number of nitrogens with zero attached hydrogens (tertiary/aromatic N) is 1. The molecule has 0 saturated heterocycles. The number of phenols is 1. The minimum absolute atomic E-state index is 0.216. The Morgan fingerprint density at radius 2 is 1.65 bits per heavy atom. The van der Waals surface area contributed by atoms with Crippen LogP contribution in [-0.4, -0.2) is 10.3 Å². The summed E-state index contributed by atoms with van der Waals surface area (Å²) in [6.07, 6.45) is 0. The second-order valence-corrected chi connectivity index (χ2v) is 3.79. The molecule has 0 aliphatic carbocycles. The van der Waals surface area contributed by atoms with Gasteiger partial charge in [0.15, 0.2) is 5.17 Å². The standard InChI is InChI=1S/C13H11ClN2O/c14-13(10-4-2-1-3-5-10)16-15-11-6-8-12(17)9-7-11/h1-9,15,17H/b16-13-. The van der Waals surface area contributed by atoms with Crippen LogP contribution in [0.25, 0.3) is 0 Å². The van der Waals surface area contributed by atoms with Crippen LogP contribution in [0.3, 0.4) is 0 Å². The summed E-state index contributed by atoms with van der Waals surface area (Å²) in [5, 5.41) is 13.6. The summed E-state index contributed by atoms with van der Waals surface area (Å²) in [4.78, 5) is 0. The van der Waals surface area contributed by atoms with Crippen molar-refractivity contribution in [2.45, 2.75) is 0 Å². The third kappa shape index (κ3) is 3.23. The maximum atomic E-state index is 9.12. The first kappa shape index (κ1) is 11.5. The van der Waals surface area contributed by atoms with E-state index in [1.807, 2.05) is 30.3 Å². The first-order valence-corrected chi connectivity index (χ1v) is 5.47. The molecule has 0 aliphatic heterocycles. The fraction of sp³-hybridized carbons (Fsp3) is 0. The van der Waals surface area contributed by atoms with E-state index in [9.17, 15) is 0 Å². The molecule has 2 rings (SSSR count). The van der Waals surface area contributed by atoms with E-state index in [1.165, 1.54) is 0 Å². The monoisotopic (exact) mass is 246 g/mol. The van der Waals surface area contributed by atoms with Crippen molar-refractivity contribution in [1.29, 1.82) is 0 Å². The lowest BCUT2D eigenvalue weighted by molar-refractivity contribution is 0.475. The van der Waals surface area contributed by atoms with E-state index in [2.05, 4.69) is 10.5 Å². The lowest BCUT2D eigenvalue weighted by Crippen LogP contribution is -1.96. The number of hydrazone groups is 1. The van der Waals surface area contributed by atoms with Gasteiger partial charge in [-0.1, -0.05) is 41.9 Å². The van der Waals surface area contributed by atoms with E-state index in [-0.39, 0.29) is 5.75 Å². The summed E-state index contributed by atoms with van der Waals surface area (Å²) in [7, 11) is 0. The molecule has 3 nitrogen and oxygen atoms in total. The van der Waals surface area contributed by atoms with Gasteiger partial charge >= 0.3 is 0 Å². The molecule has 0 unspecified atom stereocenters. The zero-order valence-electron chi connectivity index (χ0n) is 8.97. The van der Waals surface area contributed by atoms with Crippen molar-refractivity contribution in [3.63, 3.8) is 0 Å². The molecule has 2 aromatic carbocycles. The van der Waals surface area contributed by atoms with E-state index >= 15 is 0 Å². The van der Waals surface area contributed by atoms with Crippen LogP contribution < -0.4 is 5.43 Å². The average molecular weight is 247 g/mol. The second kappa shape index (κ2) is 5.37. The zero-order valence-corrected chi connectivity index (χ0v) is 9.72. The number of anilines is 1. The molecule has 86 valence electrons. The van der Waals surface area contributed by atoms with E-state index in [1.54, 1.807) is 24.3 Å². The van der Waals surface area contributed by atoms with Gasteiger partial charge in [0.1, 0.15) is 5.75 Å². The number of halogens is 1. The first-order chi connectivity index (χ1) is 8.25. The van der Waals surface area contributed by atoms with Gasteiger partial charge in [-0.25, -0.2) is 0 Å². The Kier molecular flexibility index (Phi) is 3.62. The quantitative estimate of drug-likeness (QED) is 0.495. The van der Waals surface area contributed by atoms with Crippen LogP contribution >= 0.6 is 11.6 Å². The largest absolute Gasteiger partial charge is 0.508 e. The highest BCUT2D eigenvalue weighted by molar-refractivity contribution is 6.69. The Balaban J connectivity index is 2.08. The molecule has 0 radical (unpaired) electrons. The normalized spacial score (nSPS) is 11.2. The van der Waals surface area contributed by atoms with Gasteiger partial charge in [-0.3, -0.25) is 5.43 Å². The summed E-state index contributed by atoms with van der Waals surface area (Å²) < 4.78 is 0. The minimum Gasteiger partial charge on any atom is -0.508 e.